The fraction of sp³-hybridized carbons (Fsp3) is 0.500. The van der Waals surface area contributed by atoms with E-state index in [1.807, 2.05) is 0 Å². The van der Waals surface area contributed by atoms with Crippen LogP contribution in [-0.4, -0.2) is 48.5 Å². The van der Waals surface area contributed by atoms with Crippen LogP contribution in [0.1, 0.15) is 12.6 Å². The van der Waals surface area contributed by atoms with Gasteiger partial charge in [-0.15, -0.1) is 0 Å². The lowest BCUT2D eigenvalue weighted by atomic mass is 10.2. The lowest BCUT2D eigenvalue weighted by Gasteiger charge is -2.14. The molecule has 102 valence electrons. The van der Waals surface area contributed by atoms with Crippen molar-refractivity contribution in [3.63, 3.8) is 0 Å². The number of aliphatic hydroxyl groups excluding tert-OH is 2. The highest BCUT2D eigenvalue weighted by Gasteiger charge is 2.36. The highest BCUT2D eigenvalue weighted by Crippen LogP contribution is 2.33. The summed E-state index contributed by atoms with van der Waals surface area (Å²) in [6, 6.07) is 0. The van der Waals surface area contributed by atoms with Gasteiger partial charge in [0, 0.05) is 6.42 Å². The number of hydrogen-bond acceptors (Lipinski definition) is 7. The van der Waals surface area contributed by atoms with Gasteiger partial charge in [-0.1, -0.05) is 0 Å². The zero-order chi connectivity index (χ0) is 13.6. The van der Waals surface area contributed by atoms with Crippen LogP contribution in [0.15, 0.2) is 6.33 Å². The maximum absolute atomic E-state index is 13.5. The predicted octanol–water partition coefficient (Wildman–Crippen LogP) is -0.812. The SMILES string of the molecule is Nc1nc2c(F)ncnc2n1[C@@H]1C[C@@H](O)[C@H](CO)O1. The van der Waals surface area contributed by atoms with Gasteiger partial charge in [-0.25, -0.2) is 15.0 Å². The van der Waals surface area contributed by atoms with Crippen LogP contribution in [0.2, 0.25) is 0 Å². The van der Waals surface area contributed by atoms with Crippen LogP contribution in [0.4, 0.5) is 10.3 Å². The molecule has 2 aromatic rings. The predicted molar refractivity (Wildman–Crippen MR) is 61.3 cm³/mol. The van der Waals surface area contributed by atoms with Crippen LogP contribution in [0.25, 0.3) is 11.2 Å². The summed E-state index contributed by atoms with van der Waals surface area (Å²) >= 11 is 0. The molecule has 0 amide bonds. The highest BCUT2D eigenvalue weighted by molar-refractivity contribution is 5.73. The maximum atomic E-state index is 13.5. The molecule has 1 aliphatic rings. The molecule has 9 heteroatoms. The molecule has 3 atom stereocenters. The first-order valence-corrected chi connectivity index (χ1v) is 5.70. The molecule has 8 nitrogen and oxygen atoms in total. The van der Waals surface area contributed by atoms with Crippen molar-refractivity contribution in [2.24, 2.45) is 0 Å². The molecule has 0 aromatic carbocycles. The standard InChI is InChI=1S/C10H12FN5O3/c11-8-7-9(14-3-13-8)16(10(12)15-7)6-1-4(18)5(2-17)19-6/h3-6,17-18H,1-2H2,(H2,12,15)/t4-,5+,6+/m1/s1. The molecule has 1 saturated heterocycles. The number of aromatic nitrogens is 4. The first kappa shape index (κ1) is 12.2. The number of nitrogens with two attached hydrogens (primary N) is 1. The van der Waals surface area contributed by atoms with E-state index in [9.17, 15) is 9.50 Å². The Morgan fingerprint density at radius 3 is 3.00 bits per heavy atom. The molecule has 1 fully saturated rings. The van der Waals surface area contributed by atoms with E-state index in [0.717, 1.165) is 6.33 Å². The van der Waals surface area contributed by atoms with E-state index in [-0.39, 0.29) is 30.1 Å². The second-order valence-corrected chi connectivity index (χ2v) is 4.29. The average Bonchev–Trinajstić information content (AvgIpc) is 2.90. The Bertz CT molecular complexity index is 618. The van der Waals surface area contributed by atoms with Gasteiger partial charge in [0.1, 0.15) is 18.7 Å². The zero-order valence-corrected chi connectivity index (χ0v) is 9.77. The Hall–Kier alpha value is -1.84. The number of aliphatic hydroxyl groups is 2. The normalized spacial score (nSPS) is 27.2. The molecule has 1 aliphatic heterocycles. The van der Waals surface area contributed by atoms with Crippen LogP contribution < -0.4 is 5.73 Å². The lowest BCUT2D eigenvalue weighted by Crippen LogP contribution is -2.24. The quantitative estimate of drug-likeness (QED) is 0.610. The van der Waals surface area contributed by atoms with Crippen molar-refractivity contribution >= 4 is 17.1 Å². The molecule has 2 aromatic heterocycles. The van der Waals surface area contributed by atoms with E-state index in [2.05, 4.69) is 15.0 Å². The van der Waals surface area contributed by atoms with Gasteiger partial charge in [-0.05, 0) is 0 Å². The third-order valence-corrected chi connectivity index (χ3v) is 3.13. The Balaban J connectivity index is 2.06. The molecule has 0 aliphatic carbocycles. The van der Waals surface area contributed by atoms with Crippen LogP contribution in [0.3, 0.4) is 0 Å². The van der Waals surface area contributed by atoms with Crippen molar-refractivity contribution in [3.8, 4) is 0 Å². The van der Waals surface area contributed by atoms with E-state index >= 15 is 0 Å². The van der Waals surface area contributed by atoms with E-state index in [1.165, 1.54) is 4.57 Å². The largest absolute Gasteiger partial charge is 0.394 e. The maximum Gasteiger partial charge on any atom is 0.244 e. The van der Waals surface area contributed by atoms with Crippen molar-refractivity contribution < 1.29 is 19.3 Å². The Morgan fingerprint density at radius 2 is 2.32 bits per heavy atom. The lowest BCUT2D eigenvalue weighted by molar-refractivity contribution is -0.0425. The number of rotatable bonds is 2. The van der Waals surface area contributed by atoms with E-state index in [0.29, 0.717) is 0 Å². The number of ether oxygens (including phenoxy) is 1. The van der Waals surface area contributed by atoms with Crippen LogP contribution in [0.5, 0.6) is 0 Å². The monoisotopic (exact) mass is 269 g/mol. The molecule has 3 heterocycles. The molecule has 0 bridgehead atoms. The second-order valence-electron chi connectivity index (χ2n) is 4.29. The number of fused-ring (bicyclic) bond motifs is 1. The second kappa shape index (κ2) is 4.37. The van der Waals surface area contributed by atoms with Gasteiger partial charge in [0.15, 0.2) is 11.2 Å². The summed E-state index contributed by atoms with van der Waals surface area (Å²) in [5.74, 6) is -0.752. The third kappa shape index (κ3) is 1.82. The van der Waals surface area contributed by atoms with E-state index in [1.54, 1.807) is 0 Å². The summed E-state index contributed by atoms with van der Waals surface area (Å²) in [5, 5.41) is 18.8. The van der Waals surface area contributed by atoms with E-state index in [4.69, 9.17) is 15.6 Å². The Morgan fingerprint density at radius 1 is 1.53 bits per heavy atom. The fourth-order valence-electron chi connectivity index (χ4n) is 2.22. The van der Waals surface area contributed by atoms with Crippen molar-refractivity contribution in [2.75, 3.05) is 12.3 Å². The zero-order valence-electron chi connectivity index (χ0n) is 9.77. The van der Waals surface area contributed by atoms with Crippen molar-refractivity contribution in [1.29, 1.82) is 0 Å². The molecule has 0 radical (unpaired) electrons. The minimum atomic E-state index is -0.821. The number of hydrogen-bond donors (Lipinski definition) is 3. The number of imidazole rings is 1. The van der Waals surface area contributed by atoms with Gasteiger partial charge in [-0.3, -0.25) is 4.57 Å². The Kier molecular flexibility index (Phi) is 2.81. The summed E-state index contributed by atoms with van der Waals surface area (Å²) in [5.41, 5.74) is 5.87. The van der Waals surface area contributed by atoms with Crippen molar-refractivity contribution in [3.05, 3.63) is 12.3 Å². The summed E-state index contributed by atoms with van der Waals surface area (Å²) in [6.07, 6.45) is -0.894. The molecule has 3 rings (SSSR count). The summed E-state index contributed by atoms with van der Waals surface area (Å²) in [4.78, 5) is 11.2. The summed E-state index contributed by atoms with van der Waals surface area (Å²) < 4.78 is 20.3. The topological polar surface area (TPSA) is 119 Å². The van der Waals surface area contributed by atoms with Crippen LogP contribution in [-0.2, 0) is 4.74 Å². The van der Waals surface area contributed by atoms with Crippen LogP contribution in [0, 0.1) is 5.95 Å². The van der Waals surface area contributed by atoms with Gasteiger partial charge >= 0.3 is 0 Å². The summed E-state index contributed by atoms with van der Waals surface area (Å²) in [6.45, 7) is -0.312. The first-order chi connectivity index (χ1) is 9.11. The third-order valence-electron chi connectivity index (χ3n) is 3.13. The molecule has 0 spiro atoms. The number of halogens is 1. The fourth-order valence-corrected chi connectivity index (χ4v) is 2.22. The smallest absolute Gasteiger partial charge is 0.244 e. The van der Waals surface area contributed by atoms with Gasteiger partial charge in [0.25, 0.3) is 0 Å². The molecule has 19 heavy (non-hydrogen) atoms. The molecule has 4 N–H and O–H groups in total. The van der Waals surface area contributed by atoms with Crippen molar-refractivity contribution in [1.82, 2.24) is 19.5 Å². The van der Waals surface area contributed by atoms with Crippen LogP contribution >= 0.6 is 0 Å². The first-order valence-electron chi connectivity index (χ1n) is 5.70. The van der Waals surface area contributed by atoms with Gasteiger partial charge < -0.3 is 20.7 Å². The Labute approximate surface area is 106 Å². The van der Waals surface area contributed by atoms with Crippen molar-refractivity contribution in [2.45, 2.75) is 24.9 Å². The van der Waals surface area contributed by atoms with Gasteiger partial charge in [0.2, 0.25) is 11.9 Å². The van der Waals surface area contributed by atoms with E-state index < -0.39 is 24.4 Å². The summed E-state index contributed by atoms with van der Waals surface area (Å²) in [7, 11) is 0. The van der Waals surface area contributed by atoms with Gasteiger partial charge in [-0.2, -0.15) is 4.39 Å². The number of nitrogens with zero attached hydrogens (tertiary/aromatic N) is 4. The molecular formula is C10H12FN5O3. The minimum Gasteiger partial charge on any atom is -0.394 e. The average molecular weight is 269 g/mol. The number of nitrogen functional groups attached to an aromatic ring is 1. The van der Waals surface area contributed by atoms with Gasteiger partial charge in [0.05, 0.1) is 12.7 Å². The molecular weight excluding hydrogens is 257 g/mol. The molecule has 0 saturated carbocycles. The molecule has 0 unspecified atom stereocenters. The highest BCUT2D eigenvalue weighted by atomic mass is 19.1. The number of anilines is 1. The minimum absolute atomic E-state index is 0.0187.